The Labute approximate surface area is 136 Å². The molecule has 0 aliphatic carbocycles. The average Bonchev–Trinajstić information content (AvgIpc) is 2.57. The summed E-state index contributed by atoms with van der Waals surface area (Å²) in [4.78, 5) is 0. The second-order valence-corrected chi connectivity index (χ2v) is 5.16. The molecular weight excluding hydrogens is 312 g/mol. The van der Waals surface area contributed by atoms with E-state index in [4.69, 9.17) is 24.1 Å². The SMILES string of the molecule is CO[C@H](C)[C@@H](O)C(CO)OC(C)O[C@H](CO)[C@@H](OC)C(O)CO. The molecule has 0 heterocycles. The van der Waals surface area contributed by atoms with Gasteiger partial charge in [-0.2, -0.15) is 0 Å². The second kappa shape index (κ2) is 12.1. The van der Waals surface area contributed by atoms with Gasteiger partial charge >= 0.3 is 0 Å². The number of hydrogen-bond acceptors (Lipinski definition) is 9. The first-order chi connectivity index (χ1) is 10.9. The molecule has 23 heavy (non-hydrogen) atoms. The van der Waals surface area contributed by atoms with Gasteiger partial charge in [0, 0.05) is 14.2 Å². The van der Waals surface area contributed by atoms with E-state index in [1.165, 1.54) is 21.1 Å². The number of methoxy groups -OCH3 is 2. The van der Waals surface area contributed by atoms with Crippen LogP contribution in [0.25, 0.3) is 0 Å². The maximum Gasteiger partial charge on any atom is 0.156 e. The zero-order chi connectivity index (χ0) is 18.0. The number of aliphatic hydroxyl groups is 5. The van der Waals surface area contributed by atoms with Crippen molar-refractivity contribution in [1.29, 1.82) is 0 Å². The van der Waals surface area contributed by atoms with Crippen molar-refractivity contribution in [2.45, 2.75) is 56.8 Å². The van der Waals surface area contributed by atoms with Crippen molar-refractivity contribution < 1.29 is 44.5 Å². The maximum atomic E-state index is 9.99. The van der Waals surface area contributed by atoms with Crippen LogP contribution in [-0.4, -0.2) is 102 Å². The smallest absolute Gasteiger partial charge is 0.156 e. The second-order valence-electron chi connectivity index (χ2n) is 5.16. The molecule has 7 atom stereocenters. The van der Waals surface area contributed by atoms with Crippen LogP contribution in [0.5, 0.6) is 0 Å². The summed E-state index contributed by atoms with van der Waals surface area (Å²) < 4.78 is 20.9. The van der Waals surface area contributed by atoms with Crippen LogP contribution in [0, 0.1) is 0 Å². The summed E-state index contributed by atoms with van der Waals surface area (Å²) in [6.45, 7) is 1.63. The van der Waals surface area contributed by atoms with Crippen LogP contribution in [0.1, 0.15) is 13.8 Å². The molecule has 0 fully saturated rings. The number of rotatable bonds is 13. The van der Waals surface area contributed by atoms with Crippen molar-refractivity contribution >= 4 is 0 Å². The Morgan fingerprint density at radius 1 is 0.783 bits per heavy atom. The third kappa shape index (κ3) is 7.38. The van der Waals surface area contributed by atoms with Crippen molar-refractivity contribution in [2.24, 2.45) is 0 Å². The van der Waals surface area contributed by atoms with Gasteiger partial charge in [0.1, 0.15) is 30.5 Å². The lowest BCUT2D eigenvalue weighted by Gasteiger charge is -2.32. The van der Waals surface area contributed by atoms with Crippen LogP contribution in [-0.2, 0) is 18.9 Å². The minimum absolute atomic E-state index is 0.459. The summed E-state index contributed by atoms with van der Waals surface area (Å²) in [5, 5.41) is 47.3. The van der Waals surface area contributed by atoms with Crippen LogP contribution >= 0.6 is 0 Å². The van der Waals surface area contributed by atoms with E-state index < -0.39 is 62.7 Å². The lowest BCUT2D eigenvalue weighted by atomic mass is 10.1. The normalized spacial score (nSPS) is 21.3. The van der Waals surface area contributed by atoms with Crippen molar-refractivity contribution in [1.82, 2.24) is 0 Å². The molecule has 0 aromatic carbocycles. The van der Waals surface area contributed by atoms with Gasteiger partial charge in [0.2, 0.25) is 0 Å². The highest BCUT2D eigenvalue weighted by Crippen LogP contribution is 2.15. The predicted molar refractivity (Wildman–Crippen MR) is 79.7 cm³/mol. The third-order valence-corrected chi connectivity index (χ3v) is 3.53. The van der Waals surface area contributed by atoms with Gasteiger partial charge in [-0.3, -0.25) is 0 Å². The minimum Gasteiger partial charge on any atom is -0.394 e. The lowest BCUT2D eigenvalue weighted by Crippen LogP contribution is -2.48. The molecule has 0 amide bonds. The summed E-state index contributed by atoms with van der Waals surface area (Å²) in [6.07, 6.45) is -6.69. The quantitative estimate of drug-likeness (QED) is 0.237. The Hall–Kier alpha value is -0.360. The molecule has 0 saturated carbocycles. The standard InChI is InChI=1S/C14H30O9/c1-8(20-3)13(19)11(6-16)22-9(2)23-12(7-17)14(21-4)10(18)5-15/h8-19H,5-7H2,1-4H3/t8-,9?,10?,11?,12-,13-,14+/m1/s1. The van der Waals surface area contributed by atoms with Gasteiger partial charge < -0.3 is 44.5 Å². The summed E-state index contributed by atoms with van der Waals surface area (Å²) in [7, 11) is 2.73. The monoisotopic (exact) mass is 342 g/mol. The lowest BCUT2D eigenvalue weighted by molar-refractivity contribution is -0.245. The summed E-state index contributed by atoms with van der Waals surface area (Å²) in [5.41, 5.74) is 0. The van der Waals surface area contributed by atoms with Crippen LogP contribution < -0.4 is 0 Å². The van der Waals surface area contributed by atoms with Gasteiger partial charge in [-0.05, 0) is 13.8 Å². The number of hydrogen-bond donors (Lipinski definition) is 5. The molecule has 9 nitrogen and oxygen atoms in total. The molecular formula is C14H30O9. The highest BCUT2D eigenvalue weighted by molar-refractivity contribution is 4.78. The molecule has 0 aromatic rings. The molecule has 0 bridgehead atoms. The molecule has 140 valence electrons. The molecule has 0 aromatic heterocycles. The molecule has 5 N–H and O–H groups in total. The molecule has 3 unspecified atom stereocenters. The molecule has 0 saturated heterocycles. The van der Waals surface area contributed by atoms with Crippen LogP contribution in [0.3, 0.4) is 0 Å². The van der Waals surface area contributed by atoms with E-state index in [1.807, 2.05) is 0 Å². The largest absolute Gasteiger partial charge is 0.394 e. The fourth-order valence-electron chi connectivity index (χ4n) is 2.08. The number of aliphatic hydroxyl groups excluding tert-OH is 5. The van der Waals surface area contributed by atoms with Crippen molar-refractivity contribution in [3.63, 3.8) is 0 Å². The predicted octanol–water partition coefficient (Wildman–Crippen LogP) is -2.15. The van der Waals surface area contributed by atoms with Gasteiger partial charge in [0.25, 0.3) is 0 Å². The Morgan fingerprint density at radius 2 is 1.30 bits per heavy atom. The van der Waals surface area contributed by atoms with E-state index in [9.17, 15) is 20.4 Å². The third-order valence-electron chi connectivity index (χ3n) is 3.53. The Balaban J connectivity index is 4.71. The zero-order valence-corrected chi connectivity index (χ0v) is 14.0. The van der Waals surface area contributed by atoms with Crippen LogP contribution in [0.2, 0.25) is 0 Å². The highest BCUT2D eigenvalue weighted by atomic mass is 16.7. The zero-order valence-electron chi connectivity index (χ0n) is 14.0. The summed E-state index contributed by atoms with van der Waals surface area (Å²) in [5.74, 6) is 0. The molecule has 9 heteroatoms. The first-order valence-electron chi connectivity index (χ1n) is 7.41. The molecule has 0 aliphatic heterocycles. The summed E-state index contributed by atoms with van der Waals surface area (Å²) in [6, 6.07) is 0. The van der Waals surface area contributed by atoms with Gasteiger partial charge in [-0.25, -0.2) is 0 Å². The van der Waals surface area contributed by atoms with Crippen LogP contribution in [0.4, 0.5) is 0 Å². The first-order valence-corrected chi connectivity index (χ1v) is 7.41. The van der Waals surface area contributed by atoms with Gasteiger partial charge in [-0.15, -0.1) is 0 Å². The highest BCUT2D eigenvalue weighted by Gasteiger charge is 2.32. The molecule has 0 spiro atoms. The van der Waals surface area contributed by atoms with Crippen LogP contribution in [0.15, 0.2) is 0 Å². The van der Waals surface area contributed by atoms with Crippen molar-refractivity contribution in [2.75, 3.05) is 34.0 Å². The fraction of sp³-hybridized carbons (Fsp3) is 1.00. The van der Waals surface area contributed by atoms with E-state index in [-0.39, 0.29) is 0 Å². The van der Waals surface area contributed by atoms with E-state index >= 15 is 0 Å². The number of ether oxygens (including phenoxy) is 4. The average molecular weight is 342 g/mol. The van der Waals surface area contributed by atoms with E-state index in [0.29, 0.717) is 0 Å². The van der Waals surface area contributed by atoms with Gasteiger partial charge in [0.05, 0.1) is 25.9 Å². The van der Waals surface area contributed by atoms with Crippen molar-refractivity contribution in [3.8, 4) is 0 Å². The molecule has 0 rings (SSSR count). The van der Waals surface area contributed by atoms with E-state index in [0.717, 1.165) is 0 Å². The van der Waals surface area contributed by atoms with Crippen molar-refractivity contribution in [3.05, 3.63) is 0 Å². The molecule has 0 aliphatic rings. The van der Waals surface area contributed by atoms with E-state index in [1.54, 1.807) is 6.92 Å². The Kier molecular flexibility index (Phi) is 11.9. The topological polar surface area (TPSA) is 138 Å². The molecule has 0 radical (unpaired) electrons. The summed E-state index contributed by atoms with van der Waals surface area (Å²) >= 11 is 0. The van der Waals surface area contributed by atoms with E-state index in [2.05, 4.69) is 0 Å². The van der Waals surface area contributed by atoms with Gasteiger partial charge in [-0.1, -0.05) is 0 Å². The Morgan fingerprint density at radius 3 is 1.70 bits per heavy atom. The first kappa shape index (κ1) is 22.6. The van der Waals surface area contributed by atoms with Gasteiger partial charge in [0.15, 0.2) is 6.29 Å². The fourth-order valence-corrected chi connectivity index (χ4v) is 2.08. The minimum atomic E-state index is -1.24. The Bertz CT molecular complexity index is 291. The maximum absolute atomic E-state index is 9.99.